The summed E-state index contributed by atoms with van der Waals surface area (Å²) in [4.78, 5) is 32.1. The quantitative estimate of drug-likeness (QED) is 0.400. The molecule has 0 amide bonds. The van der Waals surface area contributed by atoms with E-state index in [-0.39, 0.29) is 30.4 Å². The number of esters is 1. The Morgan fingerprint density at radius 1 is 1.14 bits per heavy atom. The molecule has 37 heavy (non-hydrogen) atoms. The topological polar surface area (TPSA) is 83.4 Å². The van der Waals surface area contributed by atoms with Crippen molar-refractivity contribution in [2.45, 2.75) is 45.4 Å². The third-order valence-corrected chi connectivity index (χ3v) is 7.80. The summed E-state index contributed by atoms with van der Waals surface area (Å²) in [5, 5.41) is 0. The standard InChI is InChI=1S/C29H30BrNO6/c1-15(2)13-35-29(33)26-16(3)31-22-9-18(17-5-7-19(34-4)8-6-17)10-23(32)28(22)27(26)20-11-24-25(12-21(20)30)37-14-36-24/h5-8,11-12,15,18,26-27H,9-10,13-14H2,1-4H3/t18-,26?,27-/m1/s1. The van der Waals surface area contributed by atoms with Crippen LogP contribution in [0.5, 0.6) is 17.2 Å². The Hall–Kier alpha value is -3.13. The van der Waals surface area contributed by atoms with Crippen molar-refractivity contribution in [3.8, 4) is 17.2 Å². The van der Waals surface area contributed by atoms with Crippen LogP contribution < -0.4 is 14.2 Å². The predicted octanol–water partition coefficient (Wildman–Crippen LogP) is 5.96. The number of hydrogen-bond acceptors (Lipinski definition) is 7. The van der Waals surface area contributed by atoms with Crippen LogP contribution in [0, 0.1) is 11.8 Å². The summed E-state index contributed by atoms with van der Waals surface area (Å²) in [5.41, 5.74) is 3.81. The van der Waals surface area contributed by atoms with Crippen molar-refractivity contribution in [2.75, 3.05) is 20.5 Å². The number of halogens is 1. The average Bonchev–Trinajstić information content (AvgIpc) is 3.33. The number of Topliss-reactive ketones (excluding diaryl/α,β-unsaturated/α-hetero) is 1. The third-order valence-electron chi connectivity index (χ3n) is 7.12. The van der Waals surface area contributed by atoms with Gasteiger partial charge in [0.05, 0.1) is 13.7 Å². The van der Waals surface area contributed by atoms with Crippen LogP contribution in [0.4, 0.5) is 0 Å². The predicted molar refractivity (Wildman–Crippen MR) is 142 cm³/mol. The summed E-state index contributed by atoms with van der Waals surface area (Å²) in [6.45, 7) is 6.27. The summed E-state index contributed by atoms with van der Waals surface area (Å²) in [5.74, 6) is 0.545. The van der Waals surface area contributed by atoms with E-state index >= 15 is 0 Å². The molecule has 0 bridgehead atoms. The average molecular weight is 568 g/mol. The van der Waals surface area contributed by atoms with Crippen LogP contribution in [0.3, 0.4) is 0 Å². The van der Waals surface area contributed by atoms with Crippen molar-refractivity contribution < 1.29 is 28.5 Å². The molecule has 2 heterocycles. The molecule has 1 unspecified atom stereocenters. The maximum Gasteiger partial charge on any atom is 0.315 e. The van der Waals surface area contributed by atoms with E-state index in [0.717, 1.165) is 27.0 Å². The first-order chi connectivity index (χ1) is 17.8. The van der Waals surface area contributed by atoms with Gasteiger partial charge < -0.3 is 18.9 Å². The number of ether oxygens (including phenoxy) is 4. The number of benzene rings is 2. The number of allylic oxidation sites excluding steroid dienone is 2. The Kier molecular flexibility index (Phi) is 7.12. The van der Waals surface area contributed by atoms with E-state index in [1.165, 1.54) is 0 Å². The van der Waals surface area contributed by atoms with Gasteiger partial charge in [-0.15, -0.1) is 0 Å². The van der Waals surface area contributed by atoms with Gasteiger partial charge in [0.15, 0.2) is 17.3 Å². The van der Waals surface area contributed by atoms with Gasteiger partial charge in [-0.1, -0.05) is 41.9 Å². The summed E-state index contributed by atoms with van der Waals surface area (Å²) in [6.07, 6.45) is 0.948. The smallest absolute Gasteiger partial charge is 0.315 e. The maximum absolute atomic E-state index is 13.8. The zero-order valence-electron chi connectivity index (χ0n) is 21.4. The van der Waals surface area contributed by atoms with Crippen molar-refractivity contribution in [1.82, 2.24) is 0 Å². The molecule has 0 fully saturated rings. The molecule has 5 rings (SSSR count). The fourth-order valence-corrected chi connectivity index (χ4v) is 5.89. The zero-order valence-corrected chi connectivity index (χ0v) is 23.0. The van der Waals surface area contributed by atoms with Crippen LogP contribution >= 0.6 is 15.9 Å². The van der Waals surface area contributed by atoms with Gasteiger partial charge >= 0.3 is 5.97 Å². The fourth-order valence-electron chi connectivity index (χ4n) is 5.32. The van der Waals surface area contributed by atoms with E-state index in [9.17, 15) is 9.59 Å². The van der Waals surface area contributed by atoms with E-state index in [2.05, 4.69) is 15.9 Å². The lowest BCUT2D eigenvalue weighted by molar-refractivity contribution is -0.147. The Morgan fingerprint density at radius 2 is 1.84 bits per heavy atom. The Bertz CT molecular complexity index is 1300. The number of carbonyl (C=O) groups excluding carboxylic acids is 2. The normalized spacial score (nSPS) is 22.6. The molecule has 3 atom stereocenters. The first-order valence-corrected chi connectivity index (χ1v) is 13.3. The lowest BCUT2D eigenvalue weighted by atomic mass is 9.69. The van der Waals surface area contributed by atoms with Crippen LogP contribution in [0.1, 0.15) is 56.6 Å². The van der Waals surface area contributed by atoms with Gasteiger partial charge in [0, 0.05) is 33.8 Å². The molecular formula is C29H30BrNO6. The molecule has 2 aromatic carbocycles. The summed E-state index contributed by atoms with van der Waals surface area (Å²) in [6, 6.07) is 11.5. The summed E-state index contributed by atoms with van der Waals surface area (Å²) in [7, 11) is 1.63. The number of hydrogen-bond donors (Lipinski definition) is 0. The highest BCUT2D eigenvalue weighted by Gasteiger charge is 2.46. The molecule has 3 aliphatic rings. The van der Waals surface area contributed by atoms with Crippen LogP contribution in [0.15, 0.2) is 57.1 Å². The van der Waals surface area contributed by atoms with Crippen LogP contribution in [0.2, 0.25) is 0 Å². The molecular weight excluding hydrogens is 538 g/mol. The third kappa shape index (κ3) is 4.91. The number of carbonyl (C=O) groups is 2. The molecule has 7 nitrogen and oxygen atoms in total. The summed E-state index contributed by atoms with van der Waals surface area (Å²) < 4.78 is 22.9. The van der Waals surface area contributed by atoms with Gasteiger partial charge in [-0.25, -0.2) is 0 Å². The van der Waals surface area contributed by atoms with E-state index in [1.54, 1.807) is 7.11 Å². The van der Waals surface area contributed by atoms with Gasteiger partial charge in [-0.2, -0.15) is 0 Å². The van der Waals surface area contributed by atoms with Gasteiger partial charge in [-0.05, 0) is 60.6 Å². The molecule has 0 radical (unpaired) electrons. The molecule has 194 valence electrons. The van der Waals surface area contributed by atoms with E-state index in [0.29, 0.717) is 42.2 Å². The molecule has 1 aliphatic carbocycles. The minimum Gasteiger partial charge on any atom is -0.497 e. The molecule has 0 aromatic heterocycles. The van der Waals surface area contributed by atoms with Gasteiger partial charge in [-0.3, -0.25) is 14.6 Å². The zero-order chi connectivity index (χ0) is 26.3. The van der Waals surface area contributed by atoms with Crippen LogP contribution in [0.25, 0.3) is 0 Å². The lowest BCUT2D eigenvalue weighted by Gasteiger charge is -2.37. The number of rotatable bonds is 6. The van der Waals surface area contributed by atoms with Crippen molar-refractivity contribution in [2.24, 2.45) is 16.8 Å². The van der Waals surface area contributed by atoms with Crippen LogP contribution in [-0.2, 0) is 14.3 Å². The second-order valence-electron chi connectivity index (χ2n) is 10.1. The maximum atomic E-state index is 13.8. The molecule has 0 saturated heterocycles. The number of methoxy groups -OCH3 is 1. The van der Waals surface area contributed by atoms with Gasteiger partial charge in [0.25, 0.3) is 0 Å². The second-order valence-corrected chi connectivity index (χ2v) is 11.0. The molecule has 8 heteroatoms. The van der Waals surface area contributed by atoms with E-state index < -0.39 is 11.8 Å². The highest BCUT2D eigenvalue weighted by Crippen LogP contribution is 2.50. The fraction of sp³-hybridized carbons (Fsp3) is 0.414. The van der Waals surface area contributed by atoms with E-state index in [4.69, 9.17) is 23.9 Å². The first-order valence-electron chi connectivity index (χ1n) is 12.5. The Morgan fingerprint density at radius 3 is 2.51 bits per heavy atom. The Balaban J connectivity index is 1.58. The van der Waals surface area contributed by atoms with Gasteiger partial charge in [0.1, 0.15) is 11.7 Å². The van der Waals surface area contributed by atoms with Gasteiger partial charge in [0.2, 0.25) is 6.79 Å². The highest BCUT2D eigenvalue weighted by atomic mass is 79.9. The second kappa shape index (κ2) is 10.3. The Labute approximate surface area is 225 Å². The summed E-state index contributed by atoms with van der Waals surface area (Å²) >= 11 is 3.67. The van der Waals surface area contributed by atoms with Crippen molar-refractivity contribution in [1.29, 1.82) is 0 Å². The minimum absolute atomic E-state index is 0.000932. The molecule has 0 N–H and O–H groups in total. The van der Waals surface area contributed by atoms with Crippen molar-refractivity contribution in [3.63, 3.8) is 0 Å². The highest BCUT2D eigenvalue weighted by molar-refractivity contribution is 9.10. The van der Waals surface area contributed by atoms with E-state index in [1.807, 2.05) is 57.2 Å². The molecule has 2 aromatic rings. The van der Waals surface area contributed by atoms with Crippen molar-refractivity contribution in [3.05, 3.63) is 63.3 Å². The monoisotopic (exact) mass is 567 g/mol. The molecule has 2 aliphatic heterocycles. The number of nitrogens with zero attached hydrogens (tertiary/aromatic N) is 1. The van der Waals surface area contributed by atoms with Crippen molar-refractivity contribution >= 4 is 33.4 Å². The first kappa shape index (κ1) is 25.5. The SMILES string of the molecule is COc1ccc([C@H]2CC(=O)C3=C(C2)N=C(C)C(C(=O)OCC(C)C)[C@H]3c2cc3c(cc2Br)OCO3)cc1. The van der Waals surface area contributed by atoms with Crippen LogP contribution in [-0.4, -0.2) is 38.0 Å². The largest absolute Gasteiger partial charge is 0.497 e. The minimum atomic E-state index is -0.712. The molecule has 0 spiro atoms. The molecule has 0 saturated carbocycles. The number of ketones is 1. The number of fused-ring (bicyclic) bond motifs is 1. The number of aliphatic imine (C=N–C) groups is 1. The lowest BCUT2D eigenvalue weighted by Crippen LogP contribution is -2.38.